The van der Waals surface area contributed by atoms with Gasteiger partial charge in [0.1, 0.15) is 0 Å². The molecule has 1 heterocycles. The lowest BCUT2D eigenvalue weighted by Crippen LogP contribution is -2.41. The largest absolute Gasteiger partial charge is 0.315 e. The van der Waals surface area contributed by atoms with Crippen molar-refractivity contribution in [3.05, 3.63) is 0 Å². The van der Waals surface area contributed by atoms with Crippen molar-refractivity contribution < 1.29 is 0 Å². The summed E-state index contributed by atoms with van der Waals surface area (Å²) in [6, 6.07) is 0.965. The van der Waals surface area contributed by atoms with Gasteiger partial charge in [0.15, 0.2) is 0 Å². The highest BCUT2D eigenvalue weighted by molar-refractivity contribution is 4.98. The molecular weight excluding hydrogens is 184 g/mol. The molecule has 3 fully saturated rings. The van der Waals surface area contributed by atoms with Crippen LogP contribution in [-0.2, 0) is 0 Å². The summed E-state index contributed by atoms with van der Waals surface area (Å²) >= 11 is 0. The van der Waals surface area contributed by atoms with E-state index >= 15 is 0 Å². The van der Waals surface area contributed by atoms with Crippen molar-refractivity contribution >= 4 is 0 Å². The highest BCUT2D eigenvalue weighted by Crippen LogP contribution is 2.47. The molecule has 0 aromatic heterocycles. The molecule has 2 saturated carbocycles. The summed E-state index contributed by atoms with van der Waals surface area (Å²) < 4.78 is 0. The van der Waals surface area contributed by atoms with E-state index in [4.69, 9.17) is 0 Å². The Kier molecular flexibility index (Phi) is 2.73. The Labute approximate surface area is 93.4 Å². The van der Waals surface area contributed by atoms with Crippen LogP contribution in [0.2, 0.25) is 0 Å². The topological polar surface area (TPSA) is 15.3 Å². The van der Waals surface area contributed by atoms with Crippen LogP contribution in [-0.4, -0.2) is 37.1 Å². The quantitative estimate of drug-likeness (QED) is 0.759. The van der Waals surface area contributed by atoms with Crippen molar-refractivity contribution in [3.63, 3.8) is 0 Å². The first-order valence-corrected chi connectivity index (χ1v) is 6.79. The molecule has 1 atom stereocenters. The van der Waals surface area contributed by atoms with E-state index in [1.54, 1.807) is 0 Å². The lowest BCUT2D eigenvalue weighted by Gasteiger charge is -2.32. The first kappa shape index (κ1) is 10.1. The van der Waals surface area contributed by atoms with Crippen molar-refractivity contribution in [2.45, 2.75) is 38.6 Å². The molecule has 0 amide bonds. The van der Waals surface area contributed by atoms with Crippen LogP contribution >= 0.6 is 0 Å². The van der Waals surface area contributed by atoms with E-state index in [9.17, 15) is 0 Å². The summed E-state index contributed by atoms with van der Waals surface area (Å²) in [5.74, 6) is 2.98. The molecule has 2 heteroatoms. The molecule has 3 rings (SSSR count). The van der Waals surface area contributed by atoms with E-state index in [0.29, 0.717) is 0 Å². The molecule has 86 valence electrons. The third-order valence-corrected chi connectivity index (χ3v) is 4.25. The fraction of sp³-hybridized carbons (Fsp3) is 1.00. The molecule has 1 unspecified atom stereocenters. The van der Waals surface area contributed by atoms with Crippen LogP contribution in [0.25, 0.3) is 0 Å². The van der Waals surface area contributed by atoms with E-state index in [1.807, 2.05) is 0 Å². The van der Waals surface area contributed by atoms with Crippen LogP contribution in [0.15, 0.2) is 0 Å². The van der Waals surface area contributed by atoms with Gasteiger partial charge in [-0.2, -0.15) is 0 Å². The number of hydrogen-bond acceptors (Lipinski definition) is 2. The van der Waals surface area contributed by atoms with Gasteiger partial charge in [-0.1, -0.05) is 6.92 Å². The van der Waals surface area contributed by atoms with Crippen LogP contribution < -0.4 is 5.32 Å². The van der Waals surface area contributed by atoms with Crippen LogP contribution in [0.4, 0.5) is 0 Å². The van der Waals surface area contributed by atoms with Gasteiger partial charge in [-0.3, -0.25) is 4.90 Å². The van der Waals surface area contributed by atoms with Gasteiger partial charge < -0.3 is 5.32 Å². The number of hydrogen-bond donors (Lipinski definition) is 1. The molecule has 15 heavy (non-hydrogen) atoms. The maximum Gasteiger partial charge on any atom is 0.0152 e. The van der Waals surface area contributed by atoms with Crippen LogP contribution in [0.1, 0.15) is 32.6 Å². The lowest BCUT2D eigenvalue weighted by molar-refractivity contribution is 0.151. The highest BCUT2D eigenvalue weighted by Gasteiger charge is 2.44. The molecule has 1 aliphatic heterocycles. The molecule has 0 bridgehead atoms. The second kappa shape index (κ2) is 4.06. The van der Waals surface area contributed by atoms with Gasteiger partial charge in [-0.15, -0.1) is 0 Å². The number of nitrogens with one attached hydrogen (secondary N) is 1. The van der Waals surface area contributed by atoms with Crippen molar-refractivity contribution in [3.8, 4) is 0 Å². The monoisotopic (exact) mass is 208 g/mol. The van der Waals surface area contributed by atoms with Gasteiger partial charge in [0.25, 0.3) is 0 Å². The Bertz CT molecular complexity index is 209. The summed E-state index contributed by atoms with van der Waals surface area (Å²) in [6.45, 7) is 7.45. The molecule has 2 aliphatic carbocycles. The van der Waals surface area contributed by atoms with Crippen LogP contribution in [0, 0.1) is 17.8 Å². The smallest absolute Gasteiger partial charge is 0.0152 e. The van der Waals surface area contributed by atoms with E-state index in [2.05, 4.69) is 17.1 Å². The van der Waals surface area contributed by atoms with Gasteiger partial charge >= 0.3 is 0 Å². The average molecular weight is 208 g/mol. The molecule has 0 aromatic rings. The van der Waals surface area contributed by atoms with Gasteiger partial charge in [0.2, 0.25) is 0 Å². The number of nitrogens with zero attached hydrogens (tertiary/aromatic N) is 1. The maximum atomic E-state index is 3.56. The molecule has 0 radical (unpaired) electrons. The predicted molar refractivity (Wildman–Crippen MR) is 62.8 cm³/mol. The average Bonchev–Trinajstić information content (AvgIpc) is 3.01. The minimum atomic E-state index is 0.840. The molecular formula is C13H24N2. The van der Waals surface area contributed by atoms with Crippen LogP contribution in [0.3, 0.4) is 0 Å². The Morgan fingerprint density at radius 2 is 1.80 bits per heavy atom. The highest BCUT2D eigenvalue weighted by atomic mass is 15.2. The minimum Gasteiger partial charge on any atom is -0.315 e. The first-order valence-electron chi connectivity index (χ1n) is 6.79. The maximum absolute atomic E-state index is 3.56. The minimum absolute atomic E-state index is 0.840. The van der Waals surface area contributed by atoms with Gasteiger partial charge in [-0.05, 0) is 50.0 Å². The third-order valence-electron chi connectivity index (χ3n) is 4.25. The Morgan fingerprint density at radius 3 is 2.40 bits per heavy atom. The van der Waals surface area contributed by atoms with Crippen molar-refractivity contribution in [1.29, 1.82) is 0 Å². The van der Waals surface area contributed by atoms with E-state index < -0.39 is 0 Å². The fourth-order valence-corrected chi connectivity index (χ4v) is 3.25. The van der Waals surface area contributed by atoms with Gasteiger partial charge in [-0.25, -0.2) is 0 Å². The molecule has 1 N–H and O–H groups in total. The van der Waals surface area contributed by atoms with E-state index in [-0.39, 0.29) is 0 Å². The molecule has 2 nitrogen and oxygen atoms in total. The predicted octanol–water partition coefficient (Wildman–Crippen LogP) is 1.72. The lowest BCUT2D eigenvalue weighted by atomic mass is 10.0. The molecule has 0 aromatic carbocycles. The summed E-state index contributed by atoms with van der Waals surface area (Å²) in [6.07, 6.45) is 6.05. The molecule has 0 spiro atoms. The third kappa shape index (κ3) is 2.36. The van der Waals surface area contributed by atoms with E-state index in [1.165, 1.54) is 51.9 Å². The van der Waals surface area contributed by atoms with Gasteiger partial charge in [0, 0.05) is 25.7 Å². The second-order valence-electron chi connectivity index (χ2n) is 5.97. The summed E-state index contributed by atoms with van der Waals surface area (Å²) in [4.78, 5) is 2.82. The zero-order chi connectivity index (χ0) is 10.3. The fourth-order valence-electron chi connectivity index (χ4n) is 3.25. The zero-order valence-electron chi connectivity index (χ0n) is 9.91. The Balaban J connectivity index is 1.66. The molecule has 1 saturated heterocycles. The Hall–Kier alpha value is -0.0800. The standard InChI is InChI=1S/C13H24N2/c1-10-8-14-6-7-15(9-10)13(11-2-3-11)12-4-5-12/h10-14H,2-9H2,1H3. The SMILES string of the molecule is CC1CNCCN(C(C2CC2)C2CC2)C1. The normalized spacial score (nSPS) is 34.4. The van der Waals surface area contributed by atoms with Crippen molar-refractivity contribution in [1.82, 2.24) is 10.2 Å². The van der Waals surface area contributed by atoms with Crippen molar-refractivity contribution in [2.24, 2.45) is 17.8 Å². The Morgan fingerprint density at radius 1 is 1.13 bits per heavy atom. The summed E-state index contributed by atoms with van der Waals surface area (Å²) in [5, 5.41) is 3.56. The van der Waals surface area contributed by atoms with Crippen LogP contribution in [0.5, 0.6) is 0 Å². The second-order valence-corrected chi connectivity index (χ2v) is 5.97. The molecule has 3 aliphatic rings. The number of rotatable bonds is 3. The first-order chi connectivity index (χ1) is 7.34. The summed E-state index contributed by atoms with van der Waals surface area (Å²) in [5.41, 5.74) is 0. The van der Waals surface area contributed by atoms with Crippen molar-refractivity contribution in [2.75, 3.05) is 26.2 Å². The van der Waals surface area contributed by atoms with Gasteiger partial charge in [0.05, 0.1) is 0 Å². The summed E-state index contributed by atoms with van der Waals surface area (Å²) in [7, 11) is 0. The zero-order valence-corrected chi connectivity index (χ0v) is 9.91. The van der Waals surface area contributed by atoms with E-state index in [0.717, 1.165) is 23.8 Å².